The van der Waals surface area contributed by atoms with Crippen LogP contribution in [0.4, 0.5) is 11.5 Å². The number of phenols is 1. The monoisotopic (exact) mass is 639 g/mol. The molecule has 0 aliphatic carbocycles. The first-order valence-corrected chi connectivity index (χ1v) is 15.6. The Labute approximate surface area is 276 Å². The summed E-state index contributed by atoms with van der Waals surface area (Å²) in [6.45, 7) is 3.43. The number of benzene rings is 3. The van der Waals surface area contributed by atoms with Crippen molar-refractivity contribution in [1.82, 2.24) is 24.8 Å². The van der Waals surface area contributed by atoms with Gasteiger partial charge in [-0.25, -0.2) is 15.0 Å². The predicted molar refractivity (Wildman–Crippen MR) is 184 cm³/mol. The number of rotatable bonds is 9. The molecule has 3 aromatic heterocycles. The number of phenolic OH excluding ortho intramolecular Hbond substituents is 1. The summed E-state index contributed by atoms with van der Waals surface area (Å²) in [5, 5.41) is 12.9. The summed E-state index contributed by atoms with van der Waals surface area (Å²) in [6, 6.07) is 28.4. The average molecular weight is 640 g/mol. The zero-order chi connectivity index (χ0) is 33.0. The van der Waals surface area contributed by atoms with E-state index in [4.69, 9.17) is 20.4 Å². The molecule has 4 N–H and O–H groups in total. The number of morpholine rings is 1. The van der Waals surface area contributed by atoms with E-state index in [-0.39, 0.29) is 23.6 Å². The lowest BCUT2D eigenvalue weighted by Gasteiger charge is -2.29. The van der Waals surface area contributed by atoms with Crippen molar-refractivity contribution in [3.63, 3.8) is 0 Å². The number of aromatic nitrogens is 4. The highest BCUT2D eigenvalue weighted by atomic mass is 16.5. The molecule has 0 radical (unpaired) electrons. The number of nitrogens with zero attached hydrogens (tertiary/aromatic N) is 5. The Balaban J connectivity index is 1.18. The summed E-state index contributed by atoms with van der Waals surface area (Å²) >= 11 is 0. The largest absolute Gasteiger partial charge is 0.507 e. The van der Waals surface area contributed by atoms with Crippen molar-refractivity contribution in [2.75, 3.05) is 36.9 Å². The number of carbonyl (C=O) groups excluding carboxylic acids is 2. The van der Waals surface area contributed by atoms with Gasteiger partial charge in [0, 0.05) is 42.8 Å². The van der Waals surface area contributed by atoms with Crippen LogP contribution in [0.2, 0.25) is 0 Å². The van der Waals surface area contributed by atoms with Crippen LogP contribution in [0, 0.1) is 0 Å². The molecule has 0 spiro atoms. The Morgan fingerprint density at radius 2 is 1.73 bits per heavy atom. The van der Waals surface area contributed by atoms with E-state index in [0.29, 0.717) is 60.0 Å². The van der Waals surface area contributed by atoms with Crippen LogP contribution >= 0.6 is 0 Å². The Bertz CT molecular complexity index is 2120. The summed E-state index contributed by atoms with van der Waals surface area (Å²) in [5.41, 5.74) is 13.9. The fourth-order valence-corrected chi connectivity index (χ4v) is 5.84. The zero-order valence-electron chi connectivity index (χ0n) is 26.0. The standard InChI is InChI=1S/C37H33N7O4/c38-35-30(5-2-14-39-35)36-42-32-13-12-31(26-3-1-4-29(21-26)43-15-17-48-18-16-43)41-37(32)44(36)28-10-7-24(8-11-28)22-40-34(47)20-25-6-9-27(23-45)33(46)19-25/h1-14,19,21,23,46H,15-18,20,22H2,(H2,38,39)(H,40,47). The number of aldehydes is 1. The maximum atomic E-state index is 12.6. The number of carbonyl (C=O) groups is 2. The molecular formula is C37H33N7O4. The second-order valence-corrected chi connectivity index (χ2v) is 11.5. The van der Waals surface area contributed by atoms with E-state index < -0.39 is 0 Å². The Hall–Kier alpha value is -6.07. The van der Waals surface area contributed by atoms with E-state index in [9.17, 15) is 14.7 Å². The first-order chi connectivity index (χ1) is 23.5. The van der Waals surface area contributed by atoms with Gasteiger partial charge in [-0.15, -0.1) is 0 Å². The molecule has 1 aliphatic rings. The molecule has 0 saturated carbocycles. The number of hydrogen-bond acceptors (Lipinski definition) is 9. The van der Waals surface area contributed by atoms with Gasteiger partial charge >= 0.3 is 0 Å². The highest BCUT2D eigenvalue weighted by molar-refractivity contribution is 5.85. The van der Waals surface area contributed by atoms with Crippen LogP contribution in [0.5, 0.6) is 5.75 Å². The molecular weight excluding hydrogens is 606 g/mol. The molecule has 240 valence electrons. The van der Waals surface area contributed by atoms with Crippen molar-refractivity contribution < 1.29 is 19.4 Å². The van der Waals surface area contributed by atoms with Gasteiger partial charge in [0.2, 0.25) is 5.91 Å². The van der Waals surface area contributed by atoms with Gasteiger partial charge in [0.25, 0.3) is 0 Å². The fraction of sp³-hybridized carbons (Fsp3) is 0.162. The van der Waals surface area contributed by atoms with Crippen LogP contribution in [0.3, 0.4) is 0 Å². The van der Waals surface area contributed by atoms with Crippen molar-refractivity contribution >= 4 is 34.9 Å². The number of nitrogen functional groups attached to an aromatic ring is 1. The molecule has 1 fully saturated rings. The van der Waals surface area contributed by atoms with Crippen LogP contribution in [-0.2, 0) is 22.5 Å². The molecule has 0 atom stereocenters. The SMILES string of the molecule is Nc1ncccc1-c1nc2ccc(-c3cccc(N4CCOCC4)c3)nc2n1-c1ccc(CNC(=O)Cc2ccc(C=O)c(O)c2)cc1. The smallest absolute Gasteiger partial charge is 0.224 e. The number of amides is 1. The fourth-order valence-electron chi connectivity index (χ4n) is 5.84. The number of anilines is 2. The van der Waals surface area contributed by atoms with Gasteiger partial charge in [0.15, 0.2) is 17.8 Å². The van der Waals surface area contributed by atoms with Gasteiger partial charge in [0.1, 0.15) is 17.1 Å². The van der Waals surface area contributed by atoms with Crippen LogP contribution in [-0.4, -0.2) is 63.1 Å². The number of hydrogen-bond donors (Lipinski definition) is 3. The number of nitrogens with one attached hydrogen (secondary N) is 1. The molecule has 11 nitrogen and oxygen atoms in total. The first-order valence-electron chi connectivity index (χ1n) is 15.6. The molecule has 3 aromatic carbocycles. The van der Waals surface area contributed by atoms with Gasteiger partial charge in [-0.05, 0) is 71.8 Å². The summed E-state index contributed by atoms with van der Waals surface area (Å²) in [7, 11) is 0. The second kappa shape index (κ2) is 13.3. The van der Waals surface area contributed by atoms with Crippen LogP contribution in [0.1, 0.15) is 21.5 Å². The summed E-state index contributed by atoms with van der Waals surface area (Å²) in [4.78, 5) is 40.3. The zero-order valence-corrected chi connectivity index (χ0v) is 26.0. The third kappa shape index (κ3) is 6.31. The number of aromatic hydroxyl groups is 1. The van der Waals surface area contributed by atoms with Crippen LogP contribution in [0.25, 0.3) is 39.5 Å². The third-order valence-electron chi connectivity index (χ3n) is 8.37. The van der Waals surface area contributed by atoms with Gasteiger partial charge in [-0.3, -0.25) is 14.2 Å². The number of nitrogens with two attached hydrogens (primary N) is 1. The van der Waals surface area contributed by atoms with Crippen molar-refractivity contribution in [2.24, 2.45) is 0 Å². The van der Waals surface area contributed by atoms with E-state index in [1.807, 2.05) is 53.1 Å². The lowest BCUT2D eigenvalue weighted by Crippen LogP contribution is -2.36. The van der Waals surface area contributed by atoms with Gasteiger partial charge < -0.3 is 25.8 Å². The van der Waals surface area contributed by atoms with Crippen molar-refractivity contribution in [3.05, 3.63) is 114 Å². The molecule has 6 aromatic rings. The average Bonchev–Trinajstić information content (AvgIpc) is 3.50. The number of ether oxygens (including phenoxy) is 1. The normalized spacial score (nSPS) is 13.0. The minimum absolute atomic E-state index is 0.0745. The quantitative estimate of drug-likeness (QED) is 0.187. The maximum absolute atomic E-state index is 12.6. The molecule has 4 heterocycles. The first kappa shape index (κ1) is 30.6. The van der Waals surface area contributed by atoms with Gasteiger partial charge in [-0.1, -0.05) is 30.3 Å². The van der Waals surface area contributed by atoms with Crippen LogP contribution in [0.15, 0.2) is 97.2 Å². The molecule has 11 heteroatoms. The molecule has 0 bridgehead atoms. The van der Waals surface area contributed by atoms with E-state index in [2.05, 4.69) is 39.5 Å². The van der Waals surface area contributed by atoms with Crippen LogP contribution < -0.4 is 16.0 Å². The van der Waals surface area contributed by atoms with E-state index in [1.165, 1.54) is 12.1 Å². The Morgan fingerprint density at radius 3 is 2.50 bits per heavy atom. The van der Waals surface area contributed by atoms with Crippen molar-refractivity contribution in [1.29, 1.82) is 0 Å². The van der Waals surface area contributed by atoms with E-state index in [0.717, 1.165) is 41.3 Å². The van der Waals surface area contributed by atoms with E-state index >= 15 is 0 Å². The molecule has 1 amide bonds. The Morgan fingerprint density at radius 1 is 0.917 bits per heavy atom. The van der Waals surface area contributed by atoms with E-state index in [1.54, 1.807) is 12.3 Å². The molecule has 0 unspecified atom stereocenters. The molecule has 7 rings (SSSR count). The predicted octanol–water partition coefficient (Wildman–Crippen LogP) is 4.95. The Kier molecular flexibility index (Phi) is 8.50. The molecule has 1 saturated heterocycles. The van der Waals surface area contributed by atoms with Crippen molar-refractivity contribution in [3.8, 4) is 34.1 Å². The second-order valence-electron chi connectivity index (χ2n) is 11.5. The maximum Gasteiger partial charge on any atom is 0.224 e. The molecule has 1 aliphatic heterocycles. The lowest BCUT2D eigenvalue weighted by molar-refractivity contribution is -0.120. The van der Waals surface area contributed by atoms with Crippen molar-refractivity contribution in [2.45, 2.75) is 13.0 Å². The minimum Gasteiger partial charge on any atom is -0.507 e. The third-order valence-corrected chi connectivity index (χ3v) is 8.37. The number of imidazole rings is 1. The lowest BCUT2D eigenvalue weighted by atomic mass is 10.1. The number of pyridine rings is 2. The highest BCUT2D eigenvalue weighted by Gasteiger charge is 2.19. The number of fused-ring (bicyclic) bond motifs is 1. The minimum atomic E-state index is -0.207. The van der Waals surface area contributed by atoms with Gasteiger partial charge in [-0.2, -0.15) is 0 Å². The summed E-state index contributed by atoms with van der Waals surface area (Å²) in [5.74, 6) is 0.628. The van der Waals surface area contributed by atoms with Gasteiger partial charge in [0.05, 0.1) is 36.5 Å². The summed E-state index contributed by atoms with van der Waals surface area (Å²) in [6.07, 6.45) is 2.30. The summed E-state index contributed by atoms with van der Waals surface area (Å²) < 4.78 is 7.52. The molecule has 48 heavy (non-hydrogen) atoms. The topological polar surface area (TPSA) is 148 Å². The highest BCUT2D eigenvalue weighted by Crippen LogP contribution is 2.32.